The van der Waals surface area contributed by atoms with Gasteiger partial charge in [-0.25, -0.2) is 0 Å². The van der Waals surface area contributed by atoms with Gasteiger partial charge in [0.15, 0.2) is 0 Å². The SMILES string of the molecule is CC1CCN(Cc2ccc(C(=O)Nc3cc(-c4cccs4)ccc3N)cc2)CC1. The summed E-state index contributed by atoms with van der Waals surface area (Å²) in [6.07, 6.45) is 2.54. The first-order valence-electron chi connectivity index (χ1n) is 10.1. The van der Waals surface area contributed by atoms with E-state index in [1.807, 2.05) is 41.8 Å². The third-order valence-electron chi connectivity index (χ3n) is 5.61. The number of carbonyl (C=O) groups is 1. The molecule has 2 aromatic carbocycles. The Hall–Kier alpha value is -2.63. The molecule has 0 bridgehead atoms. The Morgan fingerprint density at radius 1 is 1.14 bits per heavy atom. The number of rotatable bonds is 5. The predicted molar refractivity (Wildman–Crippen MR) is 122 cm³/mol. The zero-order valence-electron chi connectivity index (χ0n) is 16.7. The summed E-state index contributed by atoms with van der Waals surface area (Å²) in [5, 5.41) is 5.00. The van der Waals surface area contributed by atoms with Crippen LogP contribution in [0.3, 0.4) is 0 Å². The quantitative estimate of drug-likeness (QED) is 0.553. The number of nitrogens with one attached hydrogen (secondary N) is 1. The Labute approximate surface area is 176 Å². The van der Waals surface area contributed by atoms with Crippen molar-refractivity contribution in [3.63, 3.8) is 0 Å². The second kappa shape index (κ2) is 8.80. The van der Waals surface area contributed by atoms with Crippen molar-refractivity contribution < 1.29 is 4.79 Å². The normalized spacial score (nSPS) is 15.3. The van der Waals surface area contributed by atoms with Crippen molar-refractivity contribution in [1.29, 1.82) is 0 Å². The molecule has 1 fully saturated rings. The Balaban J connectivity index is 1.42. The van der Waals surface area contributed by atoms with Crippen LogP contribution in [0.4, 0.5) is 11.4 Å². The van der Waals surface area contributed by atoms with Crippen LogP contribution in [-0.4, -0.2) is 23.9 Å². The number of hydrogen-bond acceptors (Lipinski definition) is 4. The molecule has 0 aliphatic carbocycles. The number of carbonyl (C=O) groups excluding carboxylic acids is 1. The van der Waals surface area contributed by atoms with Crippen molar-refractivity contribution in [3.8, 4) is 10.4 Å². The first-order chi connectivity index (χ1) is 14.1. The number of piperidine rings is 1. The van der Waals surface area contributed by atoms with Crippen LogP contribution in [0.5, 0.6) is 0 Å². The maximum atomic E-state index is 12.7. The minimum atomic E-state index is -0.140. The molecule has 4 rings (SSSR count). The fourth-order valence-corrected chi connectivity index (χ4v) is 4.42. The Morgan fingerprint density at radius 2 is 1.90 bits per heavy atom. The maximum Gasteiger partial charge on any atom is 0.255 e. The van der Waals surface area contributed by atoms with Crippen molar-refractivity contribution in [2.24, 2.45) is 5.92 Å². The first kappa shape index (κ1) is 19.7. The second-order valence-corrected chi connectivity index (χ2v) is 8.84. The Kier molecular flexibility index (Phi) is 5.97. The molecule has 1 aliphatic heterocycles. The van der Waals surface area contributed by atoms with Crippen molar-refractivity contribution >= 4 is 28.6 Å². The Bertz CT molecular complexity index is 958. The van der Waals surface area contributed by atoms with Gasteiger partial charge in [-0.2, -0.15) is 0 Å². The summed E-state index contributed by atoms with van der Waals surface area (Å²) in [4.78, 5) is 16.4. The van der Waals surface area contributed by atoms with Crippen LogP contribution in [0.1, 0.15) is 35.7 Å². The smallest absolute Gasteiger partial charge is 0.255 e. The van der Waals surface area contributed by atoms with Crippen molar-refractivity contribution in [3.05, 3.63) is 71.1 Å². The van der Waals surface area contributed by atoms with Crippen LogP contribution in [0.2, 0.25) is 0 Å². The predicted octanol–water partition coefficient (Wildman–Crippen LogP) is 5.48. The van der Waals surface area contributed by atoms with Gasteiger partial charge in [-0.05, 0) is 78.7 Å². The fraction of sp³-hybridized carbons (Fsp3) is 0.292. The molecule has 1 aliphatic rings. The third-order valence-corrected chi connectivity index (χ3v) is 6.52. The summed E-state index contributed by atoms with van der Waals surface area (Å²) < 4.78 is 0. The minimum absolute atomic E-state index is 0.140. The number of nitrogens with zero attached hydrogens (tertiary/aromatic N) is 1. The molecule has 0 spiro atoms. The van der Waals surface area contributed by atoms with E-state index >= 15 is 0 Å². The highest BCUT2D eigenvalue weighted by atomic mass is 32.1. The van der Waals surface area contributed by atoms with Crippen LogP contribution < -0.4 is 11.1 Å². The second-order valence-electron chi connectivity index (χ2n) is 7.89. The zero-order valence-corrected chi connectivity index (χ0v) is 17.5. The highest BCUT2D eigenvalue weighted by Crippen LogP contribution is 2.30. The van der Waals surface area contributed by atoms with E-state index < -0.39 is 0 Å². The summed E-state index contributed by atoms with van der Waals surface area (Å²) in [6, 6.07) is 17.7. The maximum absolute atomic E-state index is 12.7. The van der Waals surface area contributed by atoms with Gasteiger partial charge in [0.2, 0.25) is 0 Å². The van der Waals surface area contributed by atoms with Crippen molar-refractivity contribution in [2.75, 3.05) is 24.1 Å². The molecule has 0 radical (unpaired) electrons. The van der Waals surface area contributed by atoms with Crippen LogP contribution in [0.15, 0.2) is 60.0 Å². The summed E-state index contributed by atoms with van der Waals surface area (Å²) in [7, 11) is 0. The number of thiophene rings is 1. The molecule has 5 heteroatoms. The first-order valence-corrected chi connectivity index (χ1v) is 11.0. The molecular weight excluding hydrogens is 378 g/mol. The lowest BCUT2D eigenvalue weighted by Crippen LogP contribution is -2.32. The summed E-state index contributed by atoms with van der Waals surface area (Å²) in [5.41, 5.74) is 10.2. The van der Waals surface area contributed by atoms with E-state index in [0.717, 1.165) is 36.0 Å². The number of amides is 1. The fourth-order valence-electron chi connectivity index (χ4n) is 3.70. The Morgan fingerprint density at radius 3 is 2.59 bits per heavy atom. The van der Waals surface area contributed by atoms with E-state index in [1.54, 1.807) is 11.3 Å². The lowest BCUT2D eigenvalue weighted by atomic mass is 9.99. The topological polar surface area (TPSA) is 58.4 Å². The standard InChI is InChI=1S/C24H27N3OS/c1-17-10-12-27(13-11-17)16-18-4-6-19(7-5-18)24(28)26-22-15-20(8-9-21(22)25)23-3-2-14-29-23/h2-9,14-15,17H,10-13,16,25H2,1H3,(H,26,28). The number of anilines is 2. The molecular formula is C24H27N3OS. The molecule has 3 aromatic rings. The number of nitrogens with two attached hydrogens (primary N) is 1. The van der Waals surface area contributed by atoms with Crippen LogP contribution >= 0.6 is 11.3 Å². The van der Waals surface area contributed by atoms with Crippen molar-refractivity contribution in [2.45, 2.75) is 26.3 Å². The highest BCUT2D eigenvalue weighted by Gasteiger charge is 2.16. The molecule has 2 heterocycles. The highest BCUT2D eigenvalue weighted by molar-refractivity contribution is 7.13. The van der Waals surface area contributed by atoms with Crippen molar-refractivity contribution in [1.82, 2.24) is 4.90 Å². The van der Waals surface area contributed by atoms with Gasteiger partial charge in [0.25, 0.3) is 5.91 Å². The average Bonchev–Trinajstić information content (AvgIpc) is 3.27. The summed E-state index contributed by atoms with van der Waals surface area (Å²) in [5.74, 6) is 0.696. The van der Waals surface area contributed by atoms with E-state index in [4.69, 9.17) is 5.73 Å². The lowest BCUT2D eigenvalue weighted by molar-refractivity contribution is 0.102. The van der Waals surface area contributed by atoms with Gasteiger partial charge >= 0.3 is 0 Å². The van der Waals surface area contributed by atoms with Crippen LogP contribution in [-0.2, 0) is 6.54 Å². The van der Waals surface area contributed by atoms with Gasteiger partial charge in [0, 0.05) is 17.0 Å². The summed E-state index contributed by atoms with van der Waals surface area (Å²) in [6.45, 7) is 5.59. The number of hydrogen-bond donors (Lipinski definition) is 2. The molecule has 150 valence electrons. The van der Waals surface area contributed by atoms with Gasteiger partial charge in [0.1, 0.15) is 0 Å². The average molecular weight is 406 g/mol. The molecule has 29 heavy (non-hydrogen) atoms. The van der Waals surface area contributed by atoms with Gasteiger partial charge in [-0.15, -0.1) is 11.3 Å². The number of nitrogen functional groups attached to an aromatic ring is 1. The van der Waals surface area contributed by atoms with E-state index in [9.17, 15) is 4.79 Å². The minimum Gasteiger partial charge on any atom is -0.397 e. The molecule has 3 N–H and O–H groups in total. The van der Waals surface area contributed by atoms with Gasteiger partial charge in [-0.1, -0.05) is 31.2 Å². The molecule has 0 atom stereocenters. The molecule has 0 unspecified atom stereocenters. The van der Waals surface area contributed by atoms with E-state index in [2.05, 4.69) is 35.3 Å². The van der Waals surface area contributed by atoms with Crippen LogP contribution in [0.25, 0.3) is 10.4 Å². The molecule has 4 nitrogen and oxygen atoms in total. The molecule has 1 amide bonds. The summed E-state index contributed by atoms with van der Waals surface area (Å²) >= 11 is 1.66. The van der Waals surface area contributed by atoms with E-state index in [-0.39, 0.29) is 5.91 Å². The molecule has 1 aromatic heterocycles. The van der Waals surface area contributed by atoms with Crippen LogP contribution in [0, 0.1) is 5.92 Å². The van der Waals surface area contributed by atoms with Gasteiger partial charge in [0.05, 0.1) is 11.4 Å². The molecule has 1 saturated heterocycles. The monoisotopic (exact) mass is 405 g/mol. The van der Waals surface area contributed by atoms with E-state index in [1.165, 1.54) is 18.4 Å². The third kappa shape index (κ3) is 4.86. The van der Waals surface area contributed by atoms with Gasteiger partial charge in [-0.3, -0.25) is 9.69 Å². The number of likely N-dealkylation sites (tertiary alicyclic amines) is 1. The molecule has 0 saturated carbocycles. The van der Waals surface area contributed by atoms with E-state index in [0.29, 0.717) is 16.9 Å². The van der Waals surface area contributed by atoms with Gasteiger partial charge < -0.3 is 11.1 Å². The largest absolute Gasteiger partial charge is 0.397 e. The lowest BCUT2D eigenvalue weighted by Gasteiger charge is -2.30. The zero-order chi connectivity index (χ0) is 20.2. The number of benzene rings is 2.